The van der Waals surface area contributed by atoms with Gasteiger partial charge in [0.15, 0.2) is 0 Å². The Labute approximate surface area is 171 Å². The van der Waals surface area contributed by atoms with Crippen LogP contribution in [0, 0.1) is 6.92 Å². The van der Waals surface area contributed by atoms with Crippen LogP contribution in [0.4, 0.5) is 0 Å². The number of aromatic amines is 1. The van der Waals surface area contributed by atoms with Gasteiger partial charge in [-0.3, -0.25) is 14.5 Å². The van der Waals surface area contributed by atoms with Gasteiger partial charge in [-0.2, -0.15) is 0 Å². The Morgan fingerprint density at radius 1 is 1.17 bits per heavy atom. The van der Waals surface area contributed by atoms with Gasteiger partial charge >= 0.3 is 0 Å². The van der Waals surface area contributed by atoms with E-state index in [9.17, 15) is 9.59 Å². The van der Waals surface area contributed by atoms with Crippen LogP contribution in [0.1, 0.15) is 41.0 Å². The minimum absolute atomic E-state index is 0.00938. The van der Waals surface area contributed by atoms with Crippen molar-refractivity contribution >= 4 is 11.8 Å². The van der Waals surface area contributed by atoms with Crippen LogP contribution in [0.3, 0.4) is 0 Å². The summed E-state index contributed by atoms with van der Waals surface area (Å²) in [7, 11) is 0. The highest BCUT2D eigenvalue weighted by molar-refractivity contribution is 5.93. The lowest BCUT2D eigenvalue weighted by Gasteiger charge is -2.39. The number of hydrogen-bond acceptors (Lipinski definition) is 4. The van der Waals surface area contributed by atoms with Crippen molar-refractivity contribution in [3.63, 3.8) is 0 Å². The Morgan fingerprint density at radius 2 is 2.00 bits per heavy atom. The molecule has 7 nitrogen and oxygen atoms in total. The number of nitrogens with zero attached hydrogens (tertiary/aromatic N) is 4. The van der Waals surface area contributed by atoms with E-state index in [1.807, 2.05) is 34.9 Å². The minimum atomic E-state index is 0.00938. The number of aryl methyl sites for hydroxylation is 1. The van der Waals surface area contributed by atoms with Gasteiger partial charge in [-0.15, -0.1) is 0 Å². The molecule has 2 amide bonds. The number of rotatable bonds is 4. The monoisotopic (exact) mass is 395 g/mol. The van der Waals surface area contributed by atoms with Crippen LogP contribution in [0.25, 0.3) is 0 Å². The van der Waals surface area contributed by atoms with Gasteiger partial charge < -0.3 is 14.8 Å². The molecule has 4 rings (SSSR count). The number of nitrogens with one attached hydrogen (secondary N) is 1. The summed E-state index contributed by atoms with van der Waals surface area (Å²) in [4.78, 5) is 38.8. The number of likely N-dealkylation sites (tertiary alicyclic amines) is 1. The smallest absolute Gasteiger partial charge is 0.274 e. The topological polar surface area (TPSA) is 72.5 Å². The number of amides is 2. The lowest BCUT2D eigenvalue weighted by Crippen LogP contribution is -2.50. The van der Waals surface area contributed by atoms with Crippen LogP contribution >= 0.6 is 0 Å². The Morgan fingerprint density at radius 3 is 2.76 bits per heavy atom. The molecule has 0 bridgehead atoms. The molecule has 2 aliphatic rings. The Balaban J connectivity index is 1.37. The zero-order valence-electron chi connectivity index (χ0n) is 17.0. The molecule has 0 saturated carbocycles. The lowest BCUT2D eigenvalue weighted by atomic mass is 10.0. The van der Waals surface area contributed by atoms with Crippen molar-refractivity contribution in [3.8, 4) is 0 Å². The average molecular weight is 396 g/mol. The van der Waals surface area contributed by atoms with Crippen molar-refractivity contribution in [3.05, 3.63) is 53.6 Å². The van der Waals surface area contributed by atoms with E-state index >= 15 is 0 Å². The number of carbonyl (C=O) groups is 2. The summed E-state index contributed by atoms with van der Waals surface area (Å²) in [6, 6.07) is 10.5. The highest BCUT2D eigenvalue weighted by Crippen LogP contribution is 2.21. The van der Waals surface area contributed by atoms with E-state index in [0.717, 1.165) is 44.7 Å². The van der Waals surface area contributed by atoms with Gasteiger partial charge in [-0.1, -0.05) is 30.3 Å². The number of imidazole rings is 1. The second-order valence-electron chi connectivity index (χ2n) is 8.01. The van der Waals surface area contributed by atoms with Gasteiger partial charge in [-0.05, 0) is 25.3 Å². The first-order valence-corrected chi connectivity index (χ1v) is 10.5. The van der Waals surface area contributed by atoms with E-state index in [1.54, 1.807) is 6.33 Å². The summed E-state index contributed by atoms with van der Waals surface area (Å²) >= 11 is 0. The van der Waals surface area contributed by atoms with Crippen LogP contribution in [0.2, 0.25) is 0 Å². The maximum atomic E-state index is 12.8. The van der Waals surface area contributed by atoms with E-state index in [2.05, 4.69) is 27.0 Å². The maximum absolute atomic E-state index is 12.8. The molecule has 1 atom stereocenters. The van der Waals surface area contributed by atoms with Crippen LogP contribution in [0.15, 0.2) is 36.7 Å². The molecule has 1 aromatic carbocycles. The number of H-pyrrole nitrogens is 1. The molecule has 0 radical (unpaired) electrons. The van der Waals surface area contributed by atoms with Crippen LogP contribution in [0.5, 0.6) is 0 Å². The molecule has 2 aromatic rings. The number of hydrogen-bond donors (Lipinski definition) is 1. The van der Waals surface area contributed by atoms with E-state index in [4.69, 9.17) is 0 Å². The van der Waals surface area contributed by atoms with Crippen molar-refractivity contribution < 1.29 is 9.59 Å². The third-order valence-corrected chi connectivity index (χ3v) is 6.06. The molecule has 2 saturated heterocycles. The first-order chi connectivity index (χ1) is 14.1. The summed E-state index contributed by atoms with van der Waals surface area (Å²) in [6.07, 6.45) is 4.02. The molecule has 2 aliphatic heterocycles. The quantitative estimate of drug-likeness (QED) is 0.860. The third-order valence-electron chi connectivity index (χ3n) is 6.06. The Kier molecular flexibility index (Phi) is 5.94. The summed E-state index contributed by atoms with van der Waals surface area (Å²) in [5.41, 5.74) is 2.51. The lowest BCUT2D eigenvalue weighted by molar-refractivity contribution is -0.136. The summed E-state index contributed by atoms with van der Waals surface area (Å²) < 4.78 is 0. The third kappa shape index (κ3) is 4.50. The summed E-state index contributed by atoms with van der Waals surface area (Å²) in [5, 5.41) is 0. The molecule has 1 N–H and O–H groups in total. The SMILES string of the molecule is Cc1[nH]cnc1C(=O)N1CCCN(C2CCC(=O)N(Cc3ccccc3)C2)CC1. The fraction of sp³-hybridized carbons (Fsp3) is 0.500. The normalized spacial score (nSPS) is 21.3. The molecule has 7 heteroatoms. The molecule has 1 aromatic heterocycles. The maximum Gasteiger partial charge on any atom is 0.274 e. The van der Waals surface area contributed by atoms with E-state index < -0.39 is 0 Å². The standard InChI is InChI=1S/C22H29N5O2/c1-17-21(24-16-23-17)22(29)26-11-5-10-25(12-13-26)19-8-9-20(28)27(15-19)14-18-6-3-2-4-7-18/h2-4,6-7,16,19H,5,8-15H2,1H3,(H,23,24). The van der Waals surface area contributed by atoms with E-state index in [1.165, 1.54) is 5.56 Å². The molecule has 29 heavy (non-hydrogen) atoms. The van der Waals surface area contributed by atoms with Gasteiger partial charge in [0.05, 0.1) is 6.33 Å². The van der Waals surface area contributed by atoms with Crippen LogP contribution in [-0.2, 0) is 11.3 Å². The molecule has 3 heterocycles. The largest absolute Gasteiger partial charge is 0.348 e. The zero-order chi connectivity index (χ0) is 20.2. The van der Waals surface area contributed by atoms with Crippen LogP contribution < -0.4 is 0 Å². The van der Waals surface area contributed by atoms with Crippen molar-refractivity contribution in [2.45, 2.75) is 38.8 Å². The van der Waals surface area contributed by atoms with E-state index in [-0.39, 0.29) is 11.8 Å². The fourth-order valence-electron chi connectivity index (χ4n) is 4.38. The van der Waals surface area contributed by atoms with Crippen molar-refractivity contribution in [1.82, 2.24) is 24.7 Å². The Bertz CT molecular complexity index is 850. The molecule has 0 spiro atoms. The number of benzene rings is 1. The summed E-state index contributed by atoms with van der Waals surface area (Å²) in [5.74, 6) is 0.251. The molecule has 0 aliphatic carbocycles. The second-order valence-corrected chi connectivity index (χ2v) is 8.01. The van der Waals surface area contributed by atoms with Crippen LogP contribution in [-0.4, -0.2) is 75.2 Å². The van der Waals surface area contributed by atoms with Gasteiger partial charge in [0.25, 0.3) is 5.91 Å². The van der Waals surface area contributed by atoms with Gasteiger partial charge in [-0.25, -0.2) is 4.98 Å². The number of aromatic nitrogens is 2. The predicted molar refractivity (Wildman–Crippen MR) is 110 cm³/mol. The summed E-state index contributed by atoms with van der Waals surface area (Å²) in [6.45, 7) is 6.57. The molecular formula is C22H29N5O2. The zero-order valence-corrected chi connectivity index (χ0v) is 17.0. The Hall–Kier alpha value is -2.67. The van der Waals surface area contributed by atoms with Gasteiger partial charge in [0.2, 0.25) is 5.91 Å². The van der Waals surface area contributed by atoms with Crippen molar-refractivity contribution in [2.24, 2.45) is 0 Å². The predicted octanol–water partition coefficient (Wildman–Crippen LogP) is 2.06. The highest BCUT2D eigenvalue weighted by atomic mass is 16.2. The average Bonchev–Trinajstić information content (AvgIpc) is 3.01. The number of carbonyl (C=O) groups excluding carboxylic acids is 2. The molecule has 2 fully saturated rings. The van der Waals surface area contributed by atoms with E-state index in [0.29, 0.717) is 31.2 Å². The highest BCUT2D eigenvalue weighted by Gasteiger charge is 2.31. The molecular weight excluding hydrogens is 366 g/mol. The minimum Gasteiger partial charge on any atom is -0.348 e. The fourth-order valence-corrected chi connectivity index (χ4v) is 4.38. The van der Waals surface area contributed by atoms with Crippen molar-refractivity contribution in [1.29, 1.82) is 0 Å². The molecule has 1 unspecified atom stereocenters. The number of piperidine rings is 1. The van der Waals surface area contributed by atoms with Crippen molar-refractivity contribution in [2.75, 3.05) is 32.7 Å². The molecule has 154 valence electrons. The first kappa shape index (κ1) is 19.6. The van der Waals surface area contributed by atoms with Gasteiger partial charge in [0.1, 0.15) is 5.69 Å². The first-order valence-electron chi connectivity index (χ1n) is 10.5. The van der Waals surface area contributed by atoms with Gasteiger partial charge in [0, 0.05) is 57.4 Å². The second kappa shape index (κ2) is 8.78.